The predicted molar refractivity (Wildman–Crippen MR) is 69.2 cm³/mol. The monoisotopic (exact) mass is 365 g/mol. The van der Waals surface area contributed by atoms with Crippen LogP contribution in [0, 0.1) is 11.6 Å². The van der Waals surface area contributed by atoms with Crippen LogP contribution in [0.15, 0.2) is 30.9 Å². The lowest BCUT2D eigenvalue weighted by Gasteiger charge is -2.26. The molecule has 4 nitrogen and oxygen atoms in total. The lowest BCUT2D eigenvalue weighted by atomic mass is 9.95. The molecule has 7 heteroatoms. The van der Waals surface area contributed by atoms with Crippen LogP contribution in [-0.4, -0.2) is 24.3 Å². The summed E-state index contributed by atoms with van der Waals surface area (Å²) >= 11 is 1.95. The highest BCUT2D eigenvalue weighted by molar-refractivity contribution is 14.1. The summed E-state index contributed by atoms with van der Waals surface area (Å²) in [6, 6.07) is 3.13. The van der Waals surface area contributed by atoms with Crippen molar-refractivity contribution in [2.75, 3.05) is 4.43 Å². The maximum Gasteiger partial charge on any atom is 0.137 e. The highest BCUT2D eigenvalue weighted by Gasteiger charge is 2.32. The minimum Gasteiger partial charge on any atom is -0.382 e. The van der Waals surface area contributed by atoms with Gasteiger partial charge in [-0.3, -0.25) is 0 Å². The minimum atomic E-state index is -1.45. The average molecular weight is 365 g/mol. The molecule has 0 saturated heterocycles. The van der Waals surface area contributed by atoms with Crippen LogP contribution in [0.1, 0.15) is 5.56 Å². The van der Waals surface area contributed by atoms with E-state index in [0.29, 0.717) is 0 Å². The Balaban J connectivity index is 2.36. The maximum absolute atomic E-state index is 13.7. The van der Waals surface area contributed by atoms with Crippen molar-refractivity contribution in [1.29, 1.82) is 0 Å². The number of hydrogen-bond acceptors (Lipinski definition) is 3. The van der Waals surface area contributed by atoms with Gasteiger partial charge in [0.25, 0.3) is 0 Å². The summed E-state index contributed by atoms with van der Waals surface area (Å²) in [5, 5.41) is 14.3. The number of nitrogens with zero attached hydrogens (tertiary/aromatic N) is 3. The molecule has 1 aromatic heterocycles. The summed E-state index contributed by atoms with van der Waals surface area (Å²) in [5.41, 5.74) is -1.40. The molecule has 2 rings (SSSR count). The zero-order valence-corrected chi connectivity index (χ0v) is 11.4. The maximum atomic E-state index is 13.7. The quantitative estimate of drug-likeness (QED) is 0.665. The van der Waals surface area contributed by atoms with Crippen molar-refractivity contribution in [2.24, 2.45) is 0 Å². The first kappa shape index (κ1) is 13.3. The molecule has 96 valence electrons. The first-order valence-corrected chi connectivity index (χ1v) is 6.64. The molecule has 1 atom stereocenters. The van der Waals surface area contributed by atoms with E-state index in [2.05, 4.69) is 10.1 Å². The van der Waals surface area contributed by atoms with Crippen molar-refractivity contribution in [3.8, 4) is 0 Å². The van der Waals surface area contributed by atoms with E-state index >= 15 is 0 Å². The molecule has 0 radical (unpaired) electrons. The molecule has 0 aliphatic heterocycles. The highest BCUT2D eigenvalue weighted by atomic mass is 127. The lowest BCUT2D eigenvalue weighted by Crippen LogP contribution is -2.34. The zero-order chi connectivity index (χ0) is 13.2. The van der Waals surface area contributed by atoms with E-state index < -0.39 is 17.2 Å². The normalized spacial score (nSPS) is 14.4. The summed E-state index contributed by atoms with van der Waals surface area (Å²) in [6.45, 7) is 0.0541. The van der Waals surface area contributed by atoms with Crippen molar-refractivity contribution < 1.29 is 13.9 Å². The second-order valence-electron chi connectivity index (χ2n) is 3.88. The molecule has 1 aromatic carbocycles. The van der Waals surface area contributed by atoms with E-state index in [1.807, 2.05) is 22.6 Å². The van der Waals surface area contributed by atoms with Gasteiger partial charge in [-0.2, -0.15) is 5.10 Å². The number of halogens is 3. The van der Waals surface area contributed by atoms with Crippen LogP contribution in [0.25, 0.3) is 0 Å². The van der Waals surface area contributed by atoms with Gasteiger partial charge >= 0.3 is 0 Å². The Hall–Kier alpha value is -1.09. The molecule has 1 unspecified atom stereocenters. The third kappa shape index (κ3) is 2.66. The van der Waals surface area contributed by atoms with Crippen molar-refractivity contribution in [3.05, 3.63) is 48.1 Å². The van der Waals surface area contributed by atoms with Gasteiger partial charge in [0.15, 0.2) is 0 Å². The van der Waals surface area contributed by atoms with E-state index in [0.717, 1.165) is 12.1 Å². The molecule has 18 heavy (non-hydrogen) atoms. The van der Waals surface area contributed by atoms with Gasteiger partial charge in [0.2, 0.25) is 0 Å². The second kappa shape index (κ2) is 5.27. The van der Waals surface area contributed by atoms with Crippen LogP contribution in [0.3, 0.4) is 0 Å². The topological polar surface area (TPSA) is 50.9 Å². The molecule has 0 amide bonds. The minimum absolute atomic E-state index is 0.0498. The standard InChI is InChI=1S/C11H10F2IN3O/c12-8-1-2-9(10(13)3-8)11(18,4-14)5-17-7-15-6-16-17/h1-3,6-7,18H,4-5H2. The lowest BCUT2D eigenvalue weighted by molar-refractivity contribution is 0.0390. The third-order valence-electron chi connectivity index (χ3n) is 2.54. The summed E-state index contributed by atoms with van der Waals surface area (Å²) in [4.78, 5) is 3.76. The Kier molecular flexibility index (Phi) is 3.91. The Labute approximate surface area is 116 Å². The molecule has 0 aliphatic rings. The molecular weight excluding hydrogens is 355 g/mol. The second-order valence-corrected chi connectivity index (χ2v) is 4.65. The van der Waals surface area contributed by atoms with E-state index in [-0.39, 0.29) is 16.5 Å². The van der Waals surface area contributed by atoms with Gasteiger partial charge in [-0.25, -0.2) is 18.4 Å². The van der Waals surface area contributed by atoms with Gasteiger partial charge in [0.1, 0.15) is 29.9 Å². The summed E-state index contributed by atoms with van der Waals surface area (Å²) < 4.78 is 28.2. The van der Waals surface area contributed by atoms with Gasteiger partial charge in [0.05, 0.1) is 6.54 Å². The number of aliphatic hydroxyl groups is 1. The number of aromatic nitrogens is 3. The predicted octanol–water partition coefficient (Wildman–Crippen LogP) is 1.88. The molecule has 1 N–H and O–H groups in total. The number of rotatable bonds is 4. The molecule has 0 saturated carbocycles. The Morgan fingerprint density at radius 3 is 2.72 bits per heavy atom. The first-order valence-electron chi connectivity index (χ1n) is 5.11. The molecule has 2 aromatic rings. The Morgan fingerprint density at radius 2 is 2.17 bits per heavy atom. The zero-order valence-electron chi connectivity index (χ0n) is 9.22. The third-order valence-corrected chi connectivity index (χ3v) is 3.81. The van der Waals surface area contributed by atoms with Crippen LogP contribution < -0.4 is 0 Å². The molecule has 0 bridgehead atoms. The summed E-state index contributed by atoms with van der Waals surface area (Å²) in [6.07, 6.45) is 2.76. The van der Waals surface area contributed by atoms with Crippen LogP contribution in [-0.2, 0) is 12.1 Å². The number of hydrogen-bond donors (Lipinski definition) is 1. The Morgan fingerprint density at radius 1 is 1.39 bits per heavy atom. The van der Waals surface area contributed by atoms with Crippen molar-refractivity contribution in [1.82, 2.24) is 14.8 Å². The van der Waals surface area contributed by atoms with Gasteiger partial charge in [-0.15, -0.1) is 0 Å². The van der Waals surface area contributed by atoms with E-state index in [4.69, 9.17) is 0 Å². The van der Waals surface area contributed by atoms with E-state index in [9.17, 15) is 13.9 Å². The van der Waals surface area contributed by atoms with Gasteiger partial charge < -0.3 is 5.11 Å². The van der Waals surface area contributed by atoms with Crippen LogP contribution in [0.4, 0.5) is 8.78 Å². The van der Waals surface area contributed by atoms with Crippen LogP contribution in [0.5, 0.6) is 0 Å². The highest BCUT2D eigenvalue weighted by Crippen LogP contribution is 2.28. The van der Waals surface area contributed by atoms with E-state index in [1.165, 1.54) is 23.4 Å². The summed E-state index contributed by atoms with van der Waals surface area (Å²) in [5.74, 6) is -1.44. The largest absolute Gasteiger partial charge is 0.382 e. The number of benzene rings is 1. The smallest absolute Gasteiger partial charge is 0.137 e. The van der Waals surface area contributed by atoms with Crippen LogP contribution >= 0.6 is 22.6 Å². The first-order chi connectivity index (χ1) is 8.55. The molecule has 0 fully saturated rings. The van der Waals surface area contributed by atoms with Crippen molar-refractivity contribution in [2.45, 2.75) is 12.1 Å². The van der Waals surface area contributed by atoms with E-state index in [1.54, 1.807) is 0 Å². The van der Waals surface area contributed by atoms with Crippen molar-refractivity contribution >= 4 is 22.6 Å². The molecular formula is C11H10F2IN3O. The van der Waals surface area contributed by atoms with Gasteiger partial charge in [-0.1, -0.05) is 28.7 Å². The van der Waals surface area contributed by atoms with Gasteiger partial charge in [0, 0.05) is 16.1 Å². The molecule has 1 heterocycles. The van der Waals surface area contributed by atoms with Crippen LogP contribution in [0.2, 0.25) is 0 Å². The van der Waals surface area contributed by atoms with Gasteiger partial charge in [-0.05, 0) is 6.07 Å². The fourth-order valence-corrected chi connectivity index (χ4v) is 2.30. The fraction of sp³-hybridized carbons (Fsp3) is 0.273. The van der Waals surface area contributed by atoms with Crippen molar-refractivity contribution in [3.63, 3.8) is 0 Å². The molecule has 0 aliphatic carbocycles. The Bertz CT molecular complexity index is 535. The average Bonchev–Trinajstić information content (AvgIpc) is 2.81. The fourth-order valence-electron chi connectivity index (χ4n) is 1.65. The summed E-state index contributed by atoms with van der Waals surface area (Å²) in [7, 11) is 0. The number of alkyl halides is 1. The SMILES string of the molecule is OC(CI)(Cn1cncn1)c1ccc(F)cc1F. The molecule has 0 spiro atoms.